The van der Waals surface area contributed by atoms with Gasteiger partial charge in [0.25, 0.3) is 0 Å². The first-order valence-electron chi connectivity index (χ1n) is 9.06. The van der Waals surface area contributed by atoms with E-state index in [9.17, 15) is 13.2 Å². The molecule has 1 aromatic carbocycles. The fourth-order valence-electron chi connectivity index (χ4n) is 2.53. The van der Waals surface area contributed by atoms with Crippen molar-refractivity contribution in [3.05, 3.63) is 35.9 Å². The van der Waals surface area contributed by atoms with Crippen molar-refractivity contribution in [2.24, 2.45) is 0 Å². The van der Waals surface area contributed by atoms with Gasteiger partial charge in [-0.25, -0.2) is 0 Å². The molecule has 6 heteroatoms. The topological polar surface area (TPSA) is 60.4 Å². The van der Waals surface area contributed by atoms with Crippen LogP contribution in [0.4, 0.5) is 0 Å². The molecular weight excluding hydrogens is 364 g/mol. The first kappa shape index (κ1) is 25.1. The van der Waals surface area contributed by atoms with Crippen molar-refractivity contribution in [1.29, 1.82) is 0 Å². The Morgan fingerprint density at radius 1 is 0.840 bits per heavy atom. The molecule has 1 aromatic rings. The number of carbonyl (C=O) groups is 1. The van der Waals surface area contributed by atoms with Crippen LogP contribution in [0.25, 0.3) is 0 Å². The van der Waals surface area contributed by atoms with Crippen LogP contribution < -0.4 is 0 Å². The van der Waals surface area contributed by atoms with Crippen LogP contribution in [0.5, 0.6) is 0 Å². The Hall–Kier alpha value is 0.0597. The van der Waals surface area contributed by atoms with Gasteiger partial charge in [-0.2, -0.15) is 8.42 Å². The Labute approximate surface area is 182 Å². The molecule has 0 aromatic heterocycles. The van der Waals surface area contributed by atoms with Gasteiger partial charge in [-0.3, -0.25) is 8.98 Å². The van der Waals surface area contributed by atoms with Crippen LogP contribution in [-0.2, 0) is 14.3 Å². The fraction of sp³-hybridized carbons (Fsp3) is 0.632. The van der Waals surface area contributed by atoms with Gasteiger partial charge in [0.15, 0.2) is 0 Å². The van der Waals surface area contributed by atoms with Gasteiger partial charge in [-0.15, -0.1) is 0 Å². The molecule has 0 aliphatic carbocycles. The smallest absolute Gasteiger partial charge is 0.273 e. The molecule has 25 heavy (non-hydrogen) atoms. The second kappa shape index (κ2) is 15.2. The Morgan fingerprint density at radius 3 is 1.84 bits per heavy atom. The van der Waals surface area contributed by atoms with Crippen LogP contribution in [0.15, 0.2) is 30.3 Å². The van der Waals surface area contributed by atoms with Crippen molar-refractivity contribution in [3.8, 4) is 0 Å². The summed E-state index contributed by atoms with van der Waals surface area (Å²) in [6.07, 6.45) is 11.6. The van der Waals surface area contributed by atoms with E-state index in [4.69, 9.17) is 4.18 Å². The van der Waals surface area contributed by atoms with E-state index in [0.29, 0.717) is 6.42 Å². The van der Waals surface area contributed by atoms with Crippen LogP contribution in [-0.4, -0.2) is 57.9 Å². The van der Waals surface area contributed by atoms with Crippen LogP contribution in [0.2, 0.25) is 0 Å². The normalized spacial score (nSPS) is 11.1. The van der Waals surface area contributed by atoms with Gasteiger partial charge >= 0.3 is 15.2 Å². The summed E-state index contributed by atoms with van der Waals surface area (Å²) in [7, 11) is -4.16. The van der Waals surface area contributed by atoms with Crippen molar-refractivity contribution in [1.82, 2.24) is 0 Å². The van der Waals surface area contributed by atoms with Crippen LogP contribution in [0.3, 0.4) is 0 Å². The molecule has 0 aliphatic heterocycles. The van der Waals surface area contributed by atoms with Crippen LogP contribution in [0, 0.1) is 0 Å². The Balaban J connectivity index is 0.00000576. The van der Waals surface area contributed by atoms with Crippen molar-refractivity contribution < 1.29 is 17.4 Å². The molecule has 0 heterocycles. The second-order valence-corrected chi connectivity index (χ2v) is 7.63. The largest absolute Gasteiger partial charge is 0.335 e. The van der Waals surface area contributed by atoms with E-state index < -0.39 is 15.2 Å². The average Bonchev–Trinajstić information content (AvgIpc) is 2.59. The average molecular weight is 395 g/mol. The molecule has 0 N–H and O–H groups in total. The van der Waals surface area contributed by atoms with E-state index in [1.54, 1.807) is 18.2 Å². The minimum Gasteiger partial charge on any atom is -0.273 e. The molecule has 4 nitrogen and oxygen atoms in total. The van der Waals surface area contributed by atoms with E-state index in [2.05, 4.69) is 6.92 Å². The number of unbranched alkanes of at least 4 members (excludes halogenated alkanes) is 9. The minimum atomic E-state index is -4.16. The molecule has 0 unspecified atom stereocenters. The number of hydrogen-bond donors (Lipinski definition) is 0. The molecule has 0 fully saturated rings. The number of rotatable bonds is 13. The molecule has 0 saturated heterocycles. The monoisotopic (exact) mass is 394 g/mol. The van der Waals surface area contributed by atoms with Crippen molar-refractivity contribution in [3.63, 3.8) is 0 Å². The molecule has 138 valence electrons. The Kier molecular flexibility index (Phi) is 15.2. The molecule has 0 atom stereocenters. The summed E-state index contributed by atoms with van der Waals surface area (Å²) in [5.74, 6) is 0. The summed E-state index contributed by atoms with van der Waals surface area (Å²) in [5.41, 5.74) is 0.139. The summed E-state index contributed by atoms with van der Waals surface area (Å²) >= 11 is 0. The number of benzene rings is 1. The summed E-state index contributed by atoms with van der Waals surface area (Å²) in [6.45, 7) is 2.30. The Bertz CT molecular complexity index is 558. The Morgan fingerprint density at radius 2 is 1.32 bits per heavy atom. The molecule has 0 spiro atoms. The van der Waals surface area contributed by atoms with Crippen molar-refractivity contribution in [2.45, 2.75) is 71.1 Å². The fourth-order valence-corrected chi connectivity index (χ4v) is 3.40. The van der Waals surface area contributed by atoms with Gasteiger partial charge in [0.2, 0.25) is 0 Å². The summed E-state index contributed by atoms with van der Waals surface area (Å²) in [5, 5.41) is -0.963. The van der Waals surface area contributed by atoms with Gasteiger partial charge in [0.05, 0.1) is 6.61 Å². The molecule has 0 aliphatic rings. The molecular formula is C19H30CaO4S. The molecule has 2 radical (unpaired) electrons. The minimum absolute atomic E-state index is 0. The van der Waals surface area contributed by atoms with Gasteiger partial charge in [-0.1, -0.05) is 95.0 Å². The summed E-state index contributed by atoms with van der Waals surface area (Å²) in [6, 6.07) is 7.94. The third-order valence-electron chi connectivity index (χ3n) is 3.97. The molecule has 0 saturated carbocycles. The van der Waals surface area contributed by atoms with E-state index in [1.165, 1.54) is 57.1 Å². The zero-order chi connectivity index (χ0) is 17.7. The maximum atomic E-state index is 11.9. The maximum Gasteiger partial charge on any atom is 0.335 e. The molecule has 0 bridgehead atoms. The van der Waals surface area contributed by atoms with Gasteiger partial charge < -0.3 is 0 Å². The third-order valence-corrected chi connectivity index (χ3v) is 5.14. The van der Waals surface area contributed by atoms with Gasteiger partial charge in [0.1, 0.15) is 0 Å². The van der Waals surface area contributed by atoms with Crippen molar-refractivity contribution >= 4 is 53.0 Å². The predicted octanol–water partition coefficient (Wildman–Crippen LogP) is 4.71. The first-order valence-corrected chi connectivity index (χ1v) is 10.5. The van der Waals surface area contributed by atoms with Gasteiger partial charge in [0, 0.05) is 43.3 Å². The zero-order valence-corrected chi connectivity index (χ0v) is 18.4. The second-order valence-electron chi connectivity index (χ2n) is 6.11. The third kappa shape index (κ3) is 11.4. The van der Waals surface area contributed by atoms with Gasteiger partial charge in [-0.05, 0) is 6.42 Å². The SMILES string of the molecule is CCCCCCCCCCCCOS(=O)(=O)C(=O)c1ccccc1.[Ca]. The first-order chi connectivity index (χ1) is 11.6. The van der Waals surface area contributed by atoms with Crippen LogP contribution in [0.1, 0.15) is 81.5 Å². The van der Waals surface area contributed by atoms with Crippen LogP contribution >= 0.6 is 0 Å². The molecule has 1 rings (SSSR count). The zero-order valence-electron chi connectivity index (χ0n) is 15.4. The summed E-state index contributed by atoms with van der Waals surface area (Å²) < 4.78 is 28.5. The van der Waals surface area contributed by atoms with E-state index in [0.717, 1.165) is 12.8 Å². The maximum absolute atomic E-state index is 11.9. The molecule has 0 amide bonds. The quantitative estimate of drug-likeness (QED) is 0.276. The van der Waals surface area contributed by atoms with E-state index in [-0.39, 0.29) is 49.9 Å². The standard InChI is InChI=1S/C19H30O4S.Ca/c1-2-3-4-5-6-7-8-9-10-14-17-23-24(21,22)19(20)18-15-12-11-13-16-18;/h11-13,15-16H,2-10,14,17H2,1H3;. The number of hydrogen-bond acceptors (Lipinski definition) is 4. The van der Waals surface area contributed by atoms with Crippen molar-refractivity contribution in [2.75, 3.05) is 6.61 Å². The summed E-state index contributed by atoms with van der Waals surface area (Å²) in [4.78, 5) is 11.9. The predicted molar refractivity (Wildman–Crippen MR) is 103 cm³/mol. The van der Waals surface area contributed by atoms with E-state index in [1.807, 2.05) is 0 Å². The number of carbonyl (C=O) groups excluding carboxylic acids is 1. The van der Waals surface area contributed by atoms with E-state index >= 15 is 0 Å².